The molecule has 0 atom stereocenters. The van der Waals surface area contributed by atoms with Crippen molar-refractivity contribution in [2.75, 3.05) is 0 Å². The summed E-state index contributed by atoms with van der Waals surface area (Å²) in [6.07, 6.45) is 1.37. The summed E-state index contributed by atoms with van der Waals surface area (Å²) < 4.78 is 0. The van der Waals surface area contributed by atoms with Crippen molar-refractivity contribution in [1.82, 2.24) is 0 Å². The zero-order valence-corrected chi connectivity index (χ0v) is 7.30. The van der Waals surface area contributed by atoms with Gasteiger partial charge >= 0.3 is 0 Å². The summed E-state index contributed by atoms with van der Waals surface area (Å²) in [5.41, 5.74) is 0.212. The van der Waals surface area contributed by atoms with Crippen LogP contribution in [0.15, 0.2) is 23.7 Å². The smallest absolute Gasteiger partial charge is 0.299 e. The molecule has 0 amide bonds. The molecule has 0 aliphatic carbocycles. The van der Waals surface area contributed by atoms with Crippen molar-refractivity contribution in [2.24, 2.45) is 4.99 Å². The molecule has 5 heteroatoms. The van der Waals surface area contributed by atoms with E-state index in [4.69, 9.17) is 0 Å². The number of hydrogen-bond acceptors (Lipinski definition) is 4. The third-order valence-corrected chi connectivity index (χ3v) is 1.68. The van der Waals surface area contributed by atoms with Crippen molar-refractivity contribution in [3.63, 3.8) is 0 Å². The van der Waals surface area contributed by atoms with E-state index in [2.05, 4.69) is 18.3 Å². The highest BCUT2D eigenvalue weighted by Crippen LogP contribution is 2.35. The van der Waals surface area contributed by atoms with Gasteiger partial charge in [-0.05, 0) is 12.8 Å². The van der Waals surface area contributed by atoms with E-state index in [1.807, 2.05) is 0 Å². The Kier molecular flexibility index (Phi) is 2.62. The van der Waals surface area contributed by atoms with Gasteiger partial charge in [0.25, 0.3) is 5.69 Å². The highest BCUT2D eigenvalue weighted by Gasteiger charge is 2.16. The molecule has 0 saturated carbocycles. The Labute approximate surface area is 80.2 Å². The molecule has 72 valence electrons. The fraction of sp³-hybridized carbons (Fsp3) is 0. The van der Waals surface area contributed by atoms with Gasteiger partial charge in [-0.2, -0.15) is 0 Å². The maximum Gasteiger partial charge on any atom is 0.299 e. The van der Waals surface area contributed by atoms with Gasteiger partial charge in [-0.1, -0.05) is 12.7 Å². The highest BCUT2D eigenvalue weighted by molar-refractivity contribution is 5.75. The van der Waals surface area contributed by atoms with Crippen LogP contribution < -0.4 is 0 Å². The Bertz CT molecular complexity index is 413. The van der Waals surface area contributed by atoms with Gasteiger partial charge in [0, 0.05) is 5.56 Å². The molecule has 14 heavy (non-hydrogen) atoms. The van der Waals surface area contributed by atoms with Crippen molar-refractivity contribution in [3.05, 3.63) is 34.4 Å². The molecule has 0 radical (unpaired) electrons. The molecule has 0 spiro atoms. The molecule has 0 aliphatic rings. The van der Waals surface area contributed by atoms with E-state index in [-0.39, 0.29) is 17.1 Å². The third kappa shape index (κ3) is 1.61. The van der Waals surface area contributed by atoms with Gasteiger partial charge in [-0.15, -0.1) is 0 Å². The molecular weight excluding hydrogens is 184 g/mol. The zero-order chi connectivity index (χ0) is 10.7. The second kappa shape index (κ2) is 3.69. The molecule has 0 heterocycles. The van der Waals surface area contributed by atoms with Crippen LogP contribution in [0.3, 0.4) is 0 Å². The lowest BCUT2D eigenvalue weighted by Crippen LogP contribution is -1.90. The van der Waals surface area contributed by atoms with Crippen LogP contribution in [0.5, 0.6) is 5.75 Å². The van der Waals surface area contributed by atoms with Crippen LogP contribution in [0.1, 0.15) is 5.56 Å². The number of phenols is 1. The standard InChI is InChI=1S/C9H8N2O3/c1-3-6-4-7(12)5-8(11(13)14)9(6)10-2/h3-5,12H,1-2H2. The lowest BCUT2D eigenvalue weighted by Gasteiger charge is -2.02. The molecule has 5 nitrogen and oxygen atoms in total. The van der Waals surface area contributed by atoms with Gasteiger partial charge in [-0.25, -0.2) is 0 Å². The largest absolute Gasteiger partial charge is 0.508 e. The molecule has 0 aliphatic heterocycles. The number of hydrogen-bond donors (Lipinski definition) is 1. The van der Waals surface area contributed by atoms with Crippen LogP contribution in [0.4, 0.5) is 11.4 Å². The van der Waals surface area contributed by atoms with E-state index in [1.165, 1.54) is 12.1 Å². The van der Waals surface area contributed by atoms with E-state index >= 15 is 0 Å². The van der Waals surface area contributed by atoms with Crippen LogP contribution in [-0.2, 0) is 0 Å². The Balaban J connectivity index is 3.54. The van der Waals surface area contributed by atoms with Crippen molar-refractivity contribution in [1.29, 1.82) is 0 Å². The molecule has 0 saturated heterocycles. The van der Waals surface area contributed by atoms with Crippen LogP contribution in [0, 0.1) is 10.1 Å². The normalized spacial score (nSPS) is 9.43. The van der Waals surface area contributed by atoms with Gasteiger partial charge < -0.3 is 5.11 Å². The first-order valence-electron chi connectivity index (χ1n) is 3.70. The number of phenolic OH excluding ortho intramolecular Hbond substituents is 1. The topological polar surface area (TPSA) is 75.7 Å². The predicted molar refractivity (Wildman–Crippen MR) is 54.1 cm³/mol. The number of benzene rings is 1. The summed E-state index contributed by atoms with van der Waals surface area (Å²) in [5.74, 6) is -0.195. The number of nitro benzene ring substituents is 1. The van der Waals surface area contributed by atoms with Crippen molar-refractivity contribution < 1.29 is 10.0 Å². The molecule has 0 aromatic heterocycles. The summed E-state index contributed by atoms with van der Waals surface area (Å²) >= 11 is 0. The minimum atomic E-state index is -0.628. The summed E-state index contributed by atoms with van der Waals surface area (Å²) in [6.45, 7) is 6.69. The lowest BCUT2D eigenvalue weighted by atomic mass is 10.1. The molecule has 0 fully saturated rings. The van der Waals surface area contributed by atoms with E-state index in [1.54, 1.807) is 0 Å². The second-order valence-corrected chi connectivity index (χ2v) is 2.52. The maximum atomic E-state index is 10.6. The quantitative estimate of drug-likeness (QED) is 0.453. The summed E-state index contributed by atoms with van der Waals surface area (Å²) in [7, 11) is 0. The van der Waals surface area contributed by atoms with Crippen LogP contribution in [0.25, 0.3) is 6.08 Å². The van der Waals surface area contributed by atoms with E-state index < -0.39 is 4.92 Å². The second-order valence-electron chi connectivity index (χ2n) is 2.52. The Hall–Kier alpha value is -2.17. The summed E-state index contributed by atoms with van der Waals surface area (Å²) in [6, 6.07) is 2.36. The van der Waals surface area contributed by atoms with Crippen LogP contribution in [0.2, 0.25) is 0 Å². The van der Waals surface area contributed by atoms with Gasteiger partial charge in [0.15, 0.2) is 0 Å². The number of aromatic hydroxyl groups is 1. The van der Waals surface area contributed by atoms with Crippen LogP contribution in [-0.4, -0.2) is 16.7 Å². The van der Waals surface area contributed by atoms with Crippen molar-refractivity contribution >= 4 is 24.2 Å². The Morgan fingerprint density at radius 2 is 2.21 bits per heavy atom. The first-order valence-corrected chi connectivity index (χ1v) is 3.70. The molecule has 1 aromatic carbocycles. The van der Waals surface area contributed by atoms with E-state index in [0.29, 0.717) is 5.56 Å². The minimum absolute atomic E-state index is 0.114. The SMILES string of the molecule is C=Cc1cc(O)cc([N+](=O)[O-])c1N=C. The zero-order valence-electron chi connectivity index (χ0n) is 7.30. The Morgan fingerprint density at radius 1 is 1.57 bits per heavy atom. The highest BCUT2D eigenvalue weighted by atomic mass is 16.6. The third-order valence-electron chi connectivity index (χ3n) is 1.68. The van der Waals surface area contributed by atoms with Gasteiger partial charge in [0.05, 0.1) is 11.0 Å². The average Bonchev–Trinajstić information content (AvgIpc) is 2.16. The summed E-state index contributed by atoms with van der Waals surface area (Å²) in [4.78, 5) is 13.5. The van der Waals surface area contributed by atoms with Crippen LogP contribution >= 0.6 is 0 Å². The van der Waals surface area contributed by atoms with Gasteiger partial charge in [0.1, 0.15) is 11.4 Å². The fourth-order valence-corrected chi connectivity index (χ4v) is 1.09. The monoisotopic (exact) mass is 192 g/mol. The molecular formula is C9H8N2O3. The molecule has 1 rings (SSSR count). The first-order chi connectivity index (χ1) is 6.60. The predicted octanol–water partition coefficient (Wildman–Crippen LogP) is 2.28. The molecule has 1 N–H and O–H groups in total. The van der Waals surface area contributed by atoms with E-state index in [9.17, 15) is 15.2 Å². The van der Waals surface area contributed by atoms with Crippen molar-refractivity contribution in [2.45, 2.75) is 0 Å². The van der Waals surface area contributed by atoms with Crippen molar-refractivity contribution in [3.8, 4) is 5.75 Å². The molecule has 0 unspecified atom stereocenters. The van der Waals surface area contributed by atoms with Gasteiger partial charge in [0.2, 0.25) is 0 Å². The maximum absolute atomic E-state index is 10.6. The summed E-state index contributed by atoms with van der Waals surface area (Å²) in [5, 5.41) is 19.8. The number of nitrogens with zero attached hydrogens (tertiary/aromatic N) is 2. The molecule has 1 aromatic rings. The fourth-order valence-electron chi connectivity index (χ4n) is 1.09. The first kappa shape index (κ1) is 9.91. The van der Waals surface area contributed by atoms with E-state index in [0.717, 1.165) is 6.07 Å². The Morgan fingerprint density at radius 3 is 2.64 bits per heavy atom. The lowest BCUT2D eigenvalue weighted by molar-refractivity contribution is -0.384. The number of rotatable bonds is 3. The van der Waals surface area contributed by atoms with Gasteiger partial charge in [-0.3, -0.25) is 15.1 Å². The minimum Gasteiger partial charge on any atom is -0.508 e. The number of nitro groups is 1. The molecule has 0 bridgehead atoms. The average molecular weight is 192 g/mol. The number of aliphatic imine (C=N–C) groups is 1.